The molecule has 0 aromatic heterocycles. The van der Waals surface area contributed by atoms with Crippen molar-refractivity contribution in [3.05, 3.63) is 35.9 Å². The quantitative estimate of drug-likeness (QED) is 0.511. The predicted molar refractivity (Wildman–Crippen MR) is 101 cm³/mol. The molecule has 2 atom stereocenters. The lowest BCUT2D eigenvalue weighted by atomic mass is 9.64. The van der Waals surface area contributed by atoms with Crippen molar-refractivity contribution in [3.63, 3.8) is 0 Å². The molecule has 0 spiro atoms. The average molecular weight is 376 g/mol. The van der Waals surface area contributed by atoms with E-state index in [9.17, 15) is 9.59 Å². The first kappa shape index (κ1) is 20.8. The van der Waals surface area contributed by atoms with E-state index >= 15 is 0 Å². The average Bonchev–Trinajstić information content (AvgIpc) is 2.68. The smallest absolute Gasteiger partial charge is 0.320 e. The summed E-state index contributed by atoms with van der Waals surface area (Å²) in [6, 6.07) is 5.40. The van der Waals surface area contributed by atoms with Crippen LogP contribution in [0.15, 0.2) is 30.4 Å². The van der Waals surface area contributed by atoms with Crippen LogP contribution in [-0.2, 0) is 24.5 Å². The highest BCUT2D eigenvalue weighted by molar-refractivity contribution is 5.89. The number of hydrogen-bond acceptors (Lipinski definition) is 6. The summed E-state index contributed by atoms with van der Waals surface area (Å²) in [5.74, 6) is -0.0438. The maximum atomic E-state index is 13.2. The number of para-hydroxylation sites is 1. The molecule has 1 aromatic carbocycles. The molecule has 6 heteroatoms. The molecule has 0 radical (unpaired) electrons. The molecule has 1 aliphatic carbocycles. The van der Waals surface area contributed by atoms with Crippen LogP contribution >= 0.6 is 0 Å². The van der Waals surface area contributed by atoms with Gasteiger partial charge < -0.3 is 18.9 Å². The monoisotopic (exact) mass is 376 g/mol. The number of hydrogen-bond donors (Lipinski definition) is 0. The predicted octanol–water partition coefficient (Wildman–Crippen LogP) is 3.42. The molecule has 0 saturated heterocycles. The molecule has 0 N–H and O–H groups in total. The van der Waals surface area contributed by atoms with E-state index in [-0.39, 0.29) is 24.9 Å². The van der Waals surface area contributed by atoms with E-state index in [1.165, 1.54) is 7.11 Å². The number of ether oxygens (including phenoxy) is 4. The van der Waals surface area contributed by atoms with E-state index in [2.05, 4.69) is 0 Å². The topological polar surface area (TPSA) is 71.1 Å². The van der Waals surface area contributed by atoms with E-state index in [1.54, 1.807) is 27.0 Å². The van der Waals surface area contributed by atoms with Crippen LogP contribution in [0.5, 0.6) is 11.5 Å². The lowest BCUT2D eigenvalue weighted by Crippen LogP contribution is -2.45. The number of benzene rings is 1. The minimum absolute atomic E-state index is 0.122. The summed E-state index contributed by atoms with van der Waals surface area (Å²) < 4.78 is 21.6. The third-order valence-electron chi connectivity index (χ3n) is 4.89. The lowest BCUT2D eigenvalue weighted by Gasteiger charge is -2.39. The molecule has 1 aliphatic rings. The van der Waals surface area contributed by atoms with Crippen LogP contribution in [0.3, 0.4) is 0 Å². The normalized spacial score (nSPS) is 21.4. The fourth-order valence-corrected chi connectivity index (χ4v) is 3.73. The van der Waals surface area contributed by atoms with Crippen LogP contribution in [0, 0.1) is 5.92 Å². The Labute approximate surface area is 160 Å². The molecule has 0 saturated carbocycles. The summed E-state index contributed by atoms with van der Waals surface area (Å²) in [6.45, 7) is 4.08. The fraction of sp³-hybridized carbons (Fsp3) is 0.524. The van der Waals surface area contributed by atoms with Gasteiger partial charge in [0.25, 0.3) is 0 Å². The van der Waals surface area contributed by atoms with Gasteiger partial charge in [0.05, 0.1) is 33.9 Å². The van der Waals surface area contributed by atoms with Gasteiger partial charge in [-0.15, -0.1) is 0 Å². The van der Waals surface area contributed by atoms with E-state index in [4.69, 9.17) is 18.9 Å². The van der Waals surface area contributed by atoms with E-state index < -0.39 is 11.4 Å². The molecule has 0 aliphatic heterocycles. The van der Waals surface area contributed by atoms with Gasteiger partial charge in [-0.3, -0.25) is 9.59 Å². The van der Waals surface area contributed by atoms with Crippen molar-refractivity contribution in [3.8, 4) is 11.5 Å². The van der Waals surface area contributed by atoms with Gasteiger partial charge in [0.15, 0.2) is 11.5 Å². The molecular formula is C21H28O6. The SMILES string of the molecule is CCOC(=O)CC1CCC=CC1(C(=O)OCC)c1cccc(OC)c1OC. The van der Waals surface area contributed by atoms with Gasteiger partial charge in [0.1, 0.15) is 5.41 Å². The molecule has 0 heterocycles. The Bertz CT molecular complexity index is 696. The van der Waals surface area contributed by atoms with Crippen molar-refractivity contribution >= 4 is 11.9 Å². The summed E-state index contributed by atoms with van der Waals surface area (Å²) in [5, 5.41) is 0. The second-order valence-corrected chi connectivity index (χ2v) is 6.32. The largest absolute Gasteiger partial charge is 0.493 e. The zero-order chi connectivity index (χ0) is 19.9. The minimum atomic E-state index is -1.14. The first-order valence-electron chi connectivity index (χ1n) is 9.27. The maximum Gasteiger partial charge on any atom is 0.320 e. The fourth-order valence-electron chi connectivity index (χ4n) is 3.73. The zero-order valence-electron chi connectivity index (χ0n) is 16.4. The molecule has 0 amide bonds. The number of rotatable bonds is 8. The first-order chi connectivity index (χ1) is 13.0. The summed E-state index contributed by atoms with van der Waals surface area (Å²) in [7, 11) is 3.08. The van der Waals surface area contributed by atoms with Crippen molar-refractivity contribution in [2.24, 2.45) is 5.92 Å². The summed E-state index contributed by atoms with van der Waals surface area (Å²) in [5.41, 5.74) is -0.506. The van der Waals surface area contributed by atoms with Crippen molar-refractivity contribution in [1.29, 1.82) is 0 Å². The van der Waals surface area contributed by atoms with Crippen LogP contribution in [0.2, 0.25) is 0 Å². The number of carbonyl (C=O) groups excluding carboxylic acids is 2. The third-order valence-corrected chi connectivity index (χ3v) is 4.89. The third kappa shape index (κ3) is 4.10. The summed E-state index contributed by atoms with van der Waals surface area (Å²) >= 11 is 0. The lowest BCUT2D eigenvalue weighted by molar-refractivity contribution is -0.152. The first-order valence-corrected chi connectivity index (χ1v) is 9.27. The van der Waals surface area contributed by atoms with E-state index in [0.717, 1.165) is 6.42 Å². The molecule has 2 rings (SSSR count). The van der Waals surface area contributed by atoms with Crippen LogP contribution in [0.25, 0.3) is 0 Å². The van der Waals surface area contributed by atoms with Gasteiger partial charge in [0, 0.05) is 5.56 Å². The van der Waals surface area contributed by atoms with Gasteiger partial charge in [-0.25, -0.2) is 0 Å². The Morgan fingerprint density at radius 1 is 1.11 bits per heavy atom. The van der Waals surface area contributed by atoms with Gasteiger partial charge in [-0.1, -0.05) is 24.3 Å². The Morgan fingerprint density at radius 2 is 1.85 bits per heavy atom. The Balaban J connectivity index is 2.64. The number of esters is 2. The standard InChI is InChI=1S/C21H28O6/c1-5-26-18(22)14-15-10-7-8-13-21(15,20(23)27-6-2)16-11-9-12-17(24-3)19(16)25-4/h8-9,11-13,15H,5-7,10,14H2,1-4H3. The summed E-state index contributed by atoms with van der Waals surface area (Å²) in [4.78, 5) is 25.5. The highest BCUT2D eigenvalue weighted by atomic mass is 16.5. The highest BCUT2D eigenvalue weighted by Crippen LogP contribution is 2.48. The second kappa shape index (κ2) is 9.44. The molecule has 2 unspecified atom stereocenters. The van der Waals surface area contributed by atoms with Crippen LogP contribution in [-0.4, -0.2) is 39.4 Å². The molecule has 6 nitrogen and oxygen atoms in total. The van der Waals surface area contributed by atoms with Crippen LogP contribution < -0.4 is 9.47 Å². The van der Waals surface area contributed by atoms with Crippen molar-refractivity contribution < 1.29 is 28.5 Å². The van der Waals surface area contributed by atoms with Crippen molar-refractivity contribution in [2.45, 2.75) is 38.5 Å². The molecule has 0 bridgehead atoms. The molecule has 27 heavy (non-hydrogen) atoms. The second-order valence-electron chi connectivity index (χ2n) is 6.32. The van der Waals surface area contributed by atoms with Gasteiger partial charge >= 0.3 is 11.9 Å². The molecule has 148 valence electrons. The molecule has 0 fully saturated rings. The maximum absolute atomic E-state index is 13.2. The van der Waals surface area contributed by atoms with Gasteiger partial charge in [0.2, 0.25) is 0 Å². The van der Waals surface area contributed by atoms with E-state index in [1.807, 2.05) is 24.3 Å². The Morgan fingerprint density at radius 3 is 2.48 bits per heavy atom. The summed E-state index contributed by atoms with van der Waals surface area (Å²) in [6.07, 6.45) is 5.36. The Hall–Kier alpha value is -2.50. The van der Waals surface area contributed by atoms with Crippen molar-refractivity contribution in [1.82, 2.24) is 0 Å². The van der Waals surface area contributed by atoms with Gasteiger partial charge in [-0.05, 0) is 38.7 Å². The zero-order valence-corrected chi connectivity index (χ0v) is 16.4. The number of carbonyl (C=O) groups is 2. The van der Waals surface area contributed by atoms with Crippen LogP contribution in [0.1, 0.15) is 38.7 Å². The van der Waals surface area contributed by atoms with Crippen molar-refractivity contribution in [2.75, 3.05) is 27.4 Å². The highest BCUT2D eigenvalue weighted by Gasteiger charge is 2.50. The Kier molecular flexibility index (Phi) is 7.28. The molecule has 1 aromatic rings. The number of methoxy groups -OCH3 is 2. The van der Waals surface area contributed by atoms with Gasteiger partial charge in [-0.2, -0.15) is 0 Å². The van der Waals surface area contributed by atoms with E-state index in [0.29, 0.717) is 30.1 Å². The molecular weight excluding hydrogens is 348 g/mol. The minimum Gasteiger partial charge on any atom is -0.493 e. The number of allylic oxidation sites excluding steroid dienone is 1. The van der Waals surface area contributed by atoms with Crippen LogP contribution in [0.4, 0.5) is 0 Å².